The molecule has 1 aliphatic heterocycles. The minimum absolute atomic E-state index is 0.324. The molecule has 1 saturated heterocycles. The lowest BCUT2D eigenvalue weighted by atomic mass is 10.0. The van der Waals surface area contributed by atoms with Gasteiger partial charge < -0.3 is 9.80 Å². The number of H-pyrrole nitrogens is 1. The van der Waals surface area contributed by atoms with Crippen LogP contribution in [0, 0.1) is 0 Å². The fourth-order valence-electron chi connectivity index (χ4n) is 4.69. The molecular formula is C26H24N6. The quantitative estimate of drug-likeness (QED) is 0.450. The molecule has 32 heavy (non-hydrogen) atoms. The number of pyridine rings is 2. The van der Waals surface area contributed by atoms with E-state index >= 15 is 0 Å². The highest BCUT2D eigenvalue weighted by Gasteiger charge is 2.27. The van der Waals surface area contributed by atoms with Gasteiger partial charge in [0.15, 0.2) is 0 Å². The Morgan fingerprint density at radius 1 is 0.938 bits per heavy atom. The summed E-state index contributed by atoms with van der Waals surface area (Å²) in [7, 11) is 0. The van der Waals surface area contributed by atoms with Crippen molar-refractivity contribution in [1.29, 1.82) is 0 Å². The van der Waals surface area contributed by atoms with Gasteiger partial charge in [0.1, 0.15) is 5.82 Å². The monoisotopic (exact) mass is 420 g/mol. The van der Waals surface area contributed by atoms with Gasteiger partial charge in [-0.05, 0) is 43.3 Å². The zero-order chi connectivity index (χ0) is 21.5. The minimum Gasteiger partial charge on any atom is -0.363 e. The van der Waals surface area contributed by atoms with Crippen LogP contribution in [0.3, 0.4) is 0 Å². The molecule has 6 nitrogen and oxygen atoms in total. The fourth-order valence-corrected chi connectivity index (χ4v) is 4.69. The van der Waals surface area contributed by atoms with E-state index in [1.165, 1.54) is 5.69 Å². The first-order chi connectivity index (χ1) is 15.8. The average Bonchev–Trinajstić information content (AvgIpc) is 3.32. The summed E-state index contributed by atoms with van der Waals surface area (Å²) in [5, 5.41) is 9.48. The highest BCUT2D eigenvalue weighted by Crippen LogP contribution is 2.35. The fraction of sp³-hybridized carbons (Fsp3) is 0.192. The van der Waals surface area contributed by atoms with Crippen LogP contribution in [0.25, 0.3) is 33.1 Å². The number of aromatic amines is 1. The van der Waals surface area contributed by atoms with Crippen LogP contribution in [0.15, 0.2) is 79.1 Å². The number of aromatic nitrogens is 4. The van der Waals surface area contributed by atoms with Gasteiger partial charge >= 0.3 is 0 Å². The zero-order valence-corrected chi connectivity index (χ0v) is 17.9. The molecule has 5 aromatic rings. The van der Waals surface area contributed by atoms with Crippen LogP contribution in [-0.2, 0) is 0 Å². The molecule has 0 aliphatic carbocycles. The van der Waals surface area contributed by atoms with Crippen LogP contribution in [-0.4, -0.2) is 45.8 Å². The topological polar surface area (TPSA) is 60.9 Å². The third kappa shape index (κ3) is 3.24. The van der Waals surface area contributed by atoms with Crippen LogP contribution in [0.1, 0.15) is 6.92 Å². The van der Waals surface area contributed by atoms with E-state index < -0.39 is 0 Å². The molecule has 0 saturated carbocycles. The largest absolute Gasteiger partial charge is 0.363 e. The van der Waals surface area contributed by atoms with Crippen molar-refractivity contribution in [3.63, 3.8) is 0 Å². The van der Waals surface area contributed by atoms with Crippen LogP contribution < -0.4 is 9.80 Å². The summed E-state index contributed by atoms with van der Waals surface area (Å²) in [4.78, 5) is 14.5. The summed E-state index contributed by atoms with van der Waals surface area (Å²) in [5.74, 6) is 1.04. The molecule has 1 N–H and O–H groups in total. The SMILES string of the molecule is C[C@H]1CN(c2ccccn2)CCN1c1cc2ccccc2nc1-c1ccc2[nH]ncc2c1. The summed E-state index contributed by atoms with van der Waals surface area (Å²) < 4.78 is 0. The second-order valence-corrected chi connectivity index (χ2v) is 8.40. The number of rotatable bonds is 3. The van der Waals surface area contributed by atoms with E-state index in [-0.39, 0.29) is 0 Å². The van der Waals surface area contributed by atoms with Gasteiger partial charge in [-0.15, -0.1) is 0 Å². The van der Waals surface area contributed by atoms with Gasteiger partial charge in [-0.2, -0.15) is 5.10 Å². The van der Waals surface area contributed by atoms with E-state index in [1.54, 1.807) is 0 Å². The number of benzene rings is 2. The van der Waals surface area contributed by atoms with Crippen LogP contribution in [0.5, 0.6) is 0 Å². The van der Waals surface area contributed by atoms with Crippen molar-refractivity contribution < 1.29 is 0 Å². The second-order valence-electron chi connectivity index (χ2n) is 8.40. The van der Waals surface area contributed by atoms with Gasteiger partial charge in [-0.3, -0.25) is 5.10 Å². The number of nitrogens with zero attached hydrogens (tertiary/aromatic N) is 5. The normalized spacial score (nSPS) is 16.7. The lowest BCUT2D eigenvalue weighted by molar-refractivity contribution is 0.547. The Balaban J connectivity index is 1.43. The van der Waals surface area contributed by atoms with E-state index in [9.17, 15) is 0 Å². The van der Waals surface area contributed by atoms with Crippen LogP contribution >= 0.6 is 0 Å². The number of para-hydroxylation sites is 1. The van der Waals surface area contributed by atoms with Crippen molar-refractivity contribution >= 4 is 33.3 Å². The Morgan fingerprint density at radius 3 is 2.72 bits per heavy atom. The molecule has 6 heteroatoms. The number of piperazine rings is 1. The Bertz CT molecular complexity index is 1390. The van der Waals surface area contributed by atoms with E-state index in [0.29, 0.717) is 6.04 Å². The van der Waals surface area contributed by atoms with Crippen molar-refractivity contribution in [2.75, 3.05) is 29.4 Å². The minimum atomic E-state index is 0.324. The van der Waals surface area contributed by atoms with Crippen molar-refractivity contribution in [1.82, 2.24) is 20.2 Å². The Labute approximate surface area is 186 Å². The maximum atomic E-state index is 5.13. The molecule has 1 fully saturated rings. The molecule has 0 spiro atoms. The number of hydrogen-bond acceptors (Lipinski definition) is 5. The molecule has 1 aliphatic rings. The summed E-state index contributed by atoms with van der Waals surface area (Å²) in [6.07, 6.45) is 3.73. The van der Waals surface area contributed by atoms with E-state index in [1.807, 2.05) is 24.5 Å². The molecule has 0 unspecified atom stereocenters. The molecule has 3 aromatic heterocycles. The highest BCUT2D eigenvalue weighted by molar-refractivity contribution is 5.92. The number of anilines is 2. The molecule has 1 atom stereocenters. The molecule has 158 valence electrons. The van der Waals surface area contributed by atoms with Crippen molar-refractivity contribution in [2.24, 2.45) is 0 Å². The predicted octanol–water partition coefficient (Wildman–Crippen LogP) is 4.89. The van der Waals surface area contributed by atoms with Gasteiger partial charge in [0, 0.05) is 48.2 Å². The van der Waals surface area contributed by atoms with Gasteiger partial charge in [0.2, 0.25) is 0 Å². The van der Waals surface area contributed by atoms with Crippen LogP contribution in [0.4, 0.5) is 11.5 Å². The molecule has 0 amide bonds. The molecule has 0 radical (unpaired) electrons. The summed E-state index contributed by atoms with van der Waals surface area (Å²) >= 11 is 0. The van der Waals surface area contributed by atoms with Gasteiger partial charge in [-0.1, -0.05) is 30.3 Å². The smallest absolute Gasteiger partial charge is 0.128 e. The van der Waals surface area contributed by atoms with Gasteiger partial charge in [0.25, 0.3) is 0 Å². The number of hydrogen-bond donors (Lipinski definition) is 1. The molecule has 0 bridgehead atoms. The average molecular weight is 421 g/mol. The Kier molecular flexibility index (Phi) is 4.49. The summed E-state index contributed by atoms with van der Waals surface area (Å²) in [6, 6.07) is 23.5. The molecule has 4 heterocycles. The van der Waals surface area contributed by atoms with Gasteiger partial charge in [-0.25, -0.2) is 9.97 Å². The summed E-state index contributed by atoms with van der Waals surface area (Å²) in [6.45, 7) is 5.05. The number of fused-ring (bicyclic) bond motifs is 2. The van der Waals surface area contributed by atoms with Crippen LogP contribution in [0.2, 0.25) is 0 Å². The summed E-state index contributed by atoms with van der Waals surface area (Å²) in [5.41, 5.74) is 5.36. The predicted molar refractivity (Wildman–Crippen MR) is 130 cm³/mol. The second kappa shape index (κ2) is 7.64. The van der Waals surface area contributed by atoms with Crippen molar-refractivity contribution in [2.45, 2.75) is 13.0 Å². The van der Waals surface area contributed by atoms with E-state index in [4.69, 9.17) is 4.98 Å². The standard InChI is InChI=1S/C26H24N6/c1-18-17-31(25-8-4-5-11-27-25)12-13-32(18)24-15-19-6-2-3-7-22(19)29-26(24)20-9-10-23-21(14-20)16-28-30-23/h2-11,14-16,18H,12-13,17H2,1H3,(H,28,30)/t18-/m0/s1. The first-order valence-electron chi connectivity index (χ1n) is 11.0. The van der Waals surface area contributed by atoms with E-state index in [2.05, 4.69) is 86.5 Å². The van der Waals surface area contributed by atoms with Crippen molar-refractivity contribution in [3.8, 4) is 11.3 Å². The third-order valence-electron chi connectivity index (χ3n) is 6.33. The number of nitrogens with one attached hydrogen (secondary N) is 1. The van der Waals surface area contributed by atoms with Gasteiger partial charge in [0.05, 0.1) is 28.6 Å². The Hall–Kier alpha value is -3.93. The lowest BCUT2D eigenvalue weighted by Gasteiger charge is -2.42. The maximum Gasteiger partial charge on any atom is 0.128 e. The molecule has 6 rings (SSSR count). The highest BCUT2D eigenvalue weighted by atomic mass is 15.3. The zero-order valence-electron chi connectivity index (χ0n) is 17.9. The molecule has 2 aromatic carbocycles. The lowest BCUT2D eigenvalue weighted by Crippen LogP contribution is -2.52. The first kappa shape index (κ1) is 18.8. The first-order valence-corrected chi connectivity index (χ1v) is 11.0. The van der Waals surface area contributed by atoms with Crippen molar-refractivity contribution in [3.05, 3.63) is 79.1 Å². The third-order valence-corrected chi connectivity index (χ3v) is 6.33. The van der Waals surface area contributed by atoms with E-state index in [0.717, 1.165) is 58.5 Å². The maximum absolute atomic E-state index is 5.13. The molecular weight excluding hydrogens is 396 g/mol. The Morgan fingerprint density at radius 2 is 1.84 bits per heavy atom.